The molecule has 0 radical (unpaired) electrons. The van der Waals surface area contributed by atoms with Crippen LogP contribution in [0.4, 0.5) is 15.3 Å². The first-order chi connectivity index (χ1) is 38.8. The molecule has 8 aromatic heterocycles. The lowest BCUT2D eigenvalue weighted by molar-refractivity contribution is 0.0214. The van der Waals surface area contributed by atoms with E-state index in [1.165, 1.54) is 28.6 Å². The third-order valence-corrected chi connectivity index (χ3v) is 13.5. The van der Waals surface area contributed by atoms with E-state index in [9.17, 15) is 14.4 Å². The minimum atomic E-state index is -0.505. The van der Waals surface area contributed by atoms with E-state index in [2.05, 4.69) is 58.3 Å². The van der Waals surface area contributed by atoms with Gasteiger partial charge in [-0.05, 0) is 163 Å². The molecule has 0 aliphatic carbocycles. The molecule has 10 aromatic rings. The summed E-state index contributed by atoms with van der Waals surface area (Å²) in [5, 5.41) is 8.42. The van der Waals surface area contributed by atoms with Gasteiger partial charge in [-0.15, -0.1) is 0 Å². The van der Waals surface area contributed by atoms with Crippen LogP contribution in [0.3, 0.4) is 0 Å². The SMILES string of the molecule is CC(C)(C)OC(=O)N1CCc2ccc(N)cc2C1.Cc1cccc(-c2[nH]c(C=O)nc2-c2ccc3ncnn3c2)n1.Cc1cccc(-c2[nH]c(CCc3ccc4c(c3)CN(C(=O)OC(C)(C)C)CC4)nc2-c2ccc3ncnn3c2)n1. The number of anilines is 1. The molecule has 2 aliphatic rings. The molecule has 4 N–H and O–H groups in total. The van der Waals surface area contributed by atoms with Crippen molar-refractivity contribution in [3.05, 3.63) is 173 Å². The number of H-pyrrole nitrogens is 2. The number of carbonyl (C=O) groups is 3. The lowest BCUT2D eigenvalue weighted by Gasteiger charge is -2.31. The maximum absolute atomic E-state index is 12.6. The molecule has 2 aliphatic heterocycles. The number of rotatable bonds is 8. The molecule has 20 nitrogen and oxygen atoms in total. The molecule has 0 saturated carbocycles. The van der Waals surface area contributed by atoms with Crippen molar-refractivity contribution in [2.45, 2.75) is 105 Å². The first-order valence-electron chi connectivity index (χ1n) is 26.9. The van der Waals surface area contributed by atoms with E-state index in [0.717, 1.165) is 99.3 Å². The first kappa shape index (κ1) is 54.8. The predicted molar refractivity (Wildman–Crippen MR) is 308 cm³/mol. The lowest BCUT2D eigenvalue weighted by Crippen LogP contribution is -2.39. The zero-order valence-electron chi connectivity index (χ0n) is 46.8. The van der Waals surface area contributed by atoms with E-state index < -0.39 is 11.2 Å². The van der Waals surface area contributed by atoms with Crippen molar-refractivity contribution in [3.8, 4) is 45.3 Å². The summed E-state index contributed by atoms with van der Waals surface area (Å²) in [6.07, 6.45) is 10.2. The smallest absolute Gasteiger partial charge is 0.410 e. The van der Waals surface area contributed by atoms with Crippen LogP contribution in [0.2, 0.25) is 0 Å². The molecule has 0 saturated heterocycles. The Morgan fingerprint density at radius 3 is 1.65 bits per heavy atom. The highest BCUT2D eigenvalue weighted by molar-refractivity contribution is 5.82. The number of nitrogen functional groups attached to an aromatic ring is 1. The number of pyridine rings is 4. The molecule has 20 heteroatoms. The molecule has 0 atom stereocenters. The number of hydrogen-bond donors (Lipinski definition) is 3. The van der Waals surface area contributed by atoms with Gasteiger partial charge in [0.1, 0.15) is 35.4 Å². The summed E-state index contributed by atoms with van der Waals surface area (Å²) in [6, 6.07) is 31.9. The van der Waals surface area contributed by atoms with Gasteiger partial charge in [-0.1, -0.05) is 36.4 Å². The quantitative estimate of drug-likeness (QED) is 0.0947. The molecular weight excluding hydrogens is 1020 g/mol. The molecule has 12 rings (SSSR count). The van der Waals surface area contributed by atoms with Crippen molar-refractivity contribution in [2.24, 2.45) is 0 Å². The zero-order chi connectivity index (χ0) is 57.0. The van der Waals surface area contributed by atoms with Crippen LogP contribution in [0.25, 0.3) is 56.6 Å². The van der Waals surface area contributed by atoms with Crippen LogP contribution in [0.15, 0.2) is 122 Å². The number of aromatic amines is 2. The fraction of sp³-hybridized carbons (Fsp3) is 0.295. The number of aldehydes is 1. The molecule has 10 heterocycles. The van der Waals surface area contributed by atoms with E-state index in [4.69, 9.17) is 25.2 Å². The Morgan fingerprint density at radius 1 is 0.605 bits per heavy atom. The Morgan fingerprint density at radius 2 is 1.12 bits per heavy atom. The monoisotopic (exact) mass is 1090 g/mol. The molecule has 2 aromatic carbocycles. The Balaban J connectivity index is 0.000000151. The second-order valence-electron chi connectivity index (χ2n) is 22.1. The van der Waals surface area contributed by atoms with Gasteiger partial charge < -0.3 is 35.0 Å². The molecular formula is C61H65N15O5. The highest BCUT2D eigenvalue weighted by Crippen LogP contribution is 2.32. The number of nitrogens with two attached hydrogens (primary N) is 1. The number of benzene rings is 2. The summed E-state index contributed by atoms with van der Waals surface area (Å²) in [7, 11) is 0. The molecule has 0 bridgehead atoms. The number of fused-ring (bicyclic) bond motifs is 4. The second kappa shape index (κ2) is 23.0. The van der Waals surface area contributed by atoms with Crippen molar-refractivity contribution < 1.29 is 23.9 Å². The standard InChI is InChI=1S/C31H33N7O2.C16H12N6O.C14H20N2O2/c1-20-6-5-7-25(34-20)29-28(23-11-13-27-32-19-33-38(27)18-23)35-26(36-29)12-9-21-8-10-22-14-15-37(17-24(22)16-21)30(39)40-31(2,3)4;1-10-3-2-4-12(19-10)16-15(20-13(8-23)21-16)11-5-6-14-17-9-18-22(14)7-11;1-14(2,3)18-13(17)16-7-6-10-4-5-12(15)8-11(10)9-16/h5-8,10-11,13,16,18-19H,9,12,14-15,17H2,1-4H3,(H,35,36);2-9H,1H3,(H,20,21);4-5,8H,6-7,9,15H2,1-3H3. The van der Waals surface area contributed by atoms with E-state index >= 15 is 0 Å². The number of amides is 2. The van der Waals surface area contributed by atoms with Crippen LogP contribution in [0.5, 0.6) is 0 Å². The highest BCUT2D eigenvalue weighted by atomic mass is 16.6. The third-order valence-electron chi connectivity index (χ3n) is 13.5. The topological polar surface area (TPSA) is 246 Å². The van der Waals surface area contributed by atoms with Crippen LogP contribution < -0.4 is 5.73 Å². The van der Waals surface area contributed by atoms with Gasteiger partial charge in [0.05, 0.1) is 28.5 Å². The van der Waals surface area contributed by atoms with Crippen molar-refractivity contribution in [2.75, 3.05) is 18.8 Å². The summed E-state index contributed by atoms with van der Waals surface area (Å²) in [5.74, 6) is 1.15. The molecule has 2 amide bonds. The molecule has 0 spiro atoms. The summed E-state index contributed by atoms with van der Waals surface area (Å²) in [5.41, 5.74) is 21.4. The summed E-state index contributed by atoms with van der Waals surface area (Å²) in [6.45, 7) is 17.7. The van der Waals surface area contributed by atoms with Crippen molar-refractivity contribution >= 4 is 35.5 Å². The molecule has 414 valence electrons. The number of imidazole rings is 2. The largest absolute Gasteiger partial charge is 0.444 e. The minimum absolute atomic E-state index is 0.254. The normalized spacial score (nSPS) is 13.1. The fourth-order valence-corrected chi connectivity index (χ4v) is 9.63. The highest BCUT2D eigenvalue weighted by Gasteiger charge is 2.28. The third kappa shape index (κ3) is 13.3. The van der Waals surface area contributed by atoms with Crippen molar-refractivity contribution in [1.29, 1.82) is 0 Å². The van der Waals surface area contributed by atoms with Gasteiger partial charge in [0.2, 0.25) is 0 Å². The average Bonchev–Trinajstić information content (AvgIpc) is 4.31. The Labute approximate surface area is 468 Å². The summed E-state index contributed by atoms with van der Waals surface area (Å²) in [4.78, 5) is 72.9. The van der Waals surface area contributed by atoms with Crippen LogP contribution in [0.1, 0.15) is 97.2 Å². The van der Waals surface area contributed by atoms with Crippen molar-refractivity contribution in [3.63, 3.8) is 0 Å². The van der Waals surface area contributed by atoms with Gasteiger partial charge in [0.15, 0.2) is 23.4 Å². The van der Waals surface area contributed by atoms with Gasteiger partial charge in [-0.2, -0.15) is 10.2 Å². The van der Waals surface area contributed by atoms with E-state index in [0.29, 0.717) is 43.9 Å². The Kier molecular flexibility index (Phi) is 15.6. The average molecular weight is 1090 g/mol. The minimum Gasteiger partial charge on any atom is -0.444 e. The van der Waals surface area contributed by atoms with Crippen LogP contribution >= 0.6 is 0 Å². The van der Waals surface area contributed by atoms with Gasteiger partial charge in [0, 0.05) is 73.2 Å². The molecule has 81 heavy (non-hydrogen) atoms. The van der Waals surface area contributed by atoms with Gasteiger partial charge >= 0.3 is 12.2 Å². The summed E-state index contributed by atoms with van der Waals surface area (Å²) < 4.78 is 14.4. The summed E-state index contributed by atoms with van der Waals surface area (Å²) >= 11 is 0. The molecule has 0 unspecified atom stereocenters. The lowest BCUT2D eigenvalue weighted by atomic mass is 9.96. The maximum atomic E-state index is 12.6. The maximum Gasteiger partial charge on any atom is 0.410 e. The second-order valence-corrected chi connectivity index (χ2v) is 22.1. The van der Waals surface area contributed by atoms with Crippen LogP contribution in [0, 0.1) is 13.8 Å². The number of aryl methyl sites for hydroxylation is 4. The van der Waals surface area contributed by atoms with E-state index in [1.807, 2.05) is 147 Å². The van der Waals surface area contributed by atoms with Crippen LogP contribution in [-0.2, 0) is 48.2 Å². The van der Waals surface area contributed by atoms with Gasteiger partial charge in [0.25, 0.3) is 0 Å². The molecule has 0 fully saturated rings. The van der Waals surface area contributed by atoms with Gasteiger partial charge in [-0.25, -0.2) is 38.6 Å². The van der Waals surface area contributed by atoms with Crippen molar-refractivity contribution in [1.82, 2.24) is 68.9 Å². The number of aromatic nitrogens is 12. The first-order valence-corrected chi connectivity index (χ1v) is 26.9. The Hall–Kier alpha value is -9.59. The van der Waals surface area contributed by atoms with Gasteiger partial charge in [-0.3, -0.25) is 14.8 Å². The zero-order valence-corrected chi connectivity index (χ0v) is 46.8. The Bertz CT molecular complexity index is 3920. The number of carbonyl (C=O) groups excluding carboxylic acids is 3. The van der Waals surface area contributed by atoms with E-state index in [-0.39, 0.29) is 18.0 Å². The number of hydrogen-bond acceptors (Lipinski definition) is 14. The van der Waals surface area contributed by atoms with Crippen LogP contribution in [-0.4, -0.2) is 112 Å². The number of ether oxygens (including phenoxy) is 2. The number of nitrogens with zero attached hydrogens (tertiary/aromatic N) is 12. The predicted octanol–water partition coefficient (Wildman–Crippen LogP) is 10.4. The fourth-order valence-electron chi connectivity index (χ4n) is 9.63. The number of nitrogens with one attached hydrogen (secondary N) is 2. The van der Waals surface area contributed by atoms with E-state index in [1.54, 1.807) is 25.2 Å².